The van der Waals surface area contributed by atoms with Crippen LogP contribution in [-0.2, 0) is 28.4 Å². The summed E-state index contributed by atoms with van der Waals surface area (Å²) in [7, 11) is 5.41. The van der Waals surface area contributed by atoms with Gasteiger partial charge in [-0.1, -0.05) is 25.3 Å². The number of hydrogen-bond acceptors (Lipinski definition) is 11. The smallest absolute Gasteiger partial charge is 0.142 e. The molecule has 0 fully saturated rings. The Hall–Kier alpha value is -3.74. The second kappa shape index (κ2) is 26.9. The minimum absolute atomic E-state index is 0.240. The fourth-order valence-electron chi connectivity index (χ4n) is 5.22. The summed E-state index contributed by atoms with van der Waals surface area (Å²) in [5, 5.41) is 3.44. The number of methoxy groups -OCH3 is 2. The zero-order chi connectivity index (χ0) is 38.0. The molecule has 1 N–H and O–H groups in total. The summed E-state index contributed by atoms with van der Waals surface area (Å²) in [6.45, 7) is 24.1. The topological polar surface area (TPSA) is 92.4 Å². The van der Waals surface area contributed by atoms with Gasteiger partial charge in [-0.3, -0.25) is 0 Å². The Labute approximate surface area is 313 Å². The van der Waals surface area contributed by atoms with E-state index in [1.807, 2.05) is 19.1 Å². The van der Waals surface area contributed by atoms with Crippen LogP contribution in [0.3, 0.4) is 0 Å². The van der Waals surface area contributed by atoms with Gasteiger partial charge in [0.2, 0.25) is 0 Å². The highest BCUT2D eigenvalue weighted by Crippen LogP contribution is 2.31. The number of aryl methyl sites for hydroxylation is 2. The van der Waals surface area contributed by atoms with Crippen LogP contribution in [0.2, 0.25) is 0 Å². The lowest BCUT2D eigenvalue weighted by molar-refractivity contribution is 0.0505. The van der Waals surface area contributed by atoms with E-state index in [0.717, 1.165) is 46.1 Å². The summed E-state index contributed by atoms with van der Waals surface area (Å²) in [5.41, 5.74) is 4.97. The van der Waals surface area contributed by atoms with Gasteiger partial charge in [0.15, 0.2) is 0 Å². The lowest BCUT2D eigenvalue weighted by atomic mass is 10.1. The molecule has 2 rings (SSSR count). The molecule has 0 saturated heterocycles. The van der Waals surface area contributed by atoms with Crippen molar-refractivity contribution in [1.29, 1.82) is 0 Å². The van der Waals surface area contributed by atoms with Crippen molar-refractivity contribution < 1.29 is 37.9 Å². The number of benzene rings is 2. The number of hydrogen-bond donors (Lipinski definition) is 1. The Balaban J connectivity index is 2.18. The number of allylic oxidation sites excluding steroid dienone is 2. The molecule has 2 aromatic carbocycles. The van der Waals surface area contributed by atoms with Crippen LogP contribution in [0.25, 0.3) is 0 Å². The molecule has 0 amide bonds. The number of nitrogens with one attached hydrogen (secondary N) is 1. The Morgan fingerprint density at radius 2 is 1.37 bits per heavy atom. The van der Waals surface area contributed by atoms with Crippen LogP contribution in [0.4, 0.5) is 11.4 Å². The lowest BCUT2D eigenvalue weighted by Crippen LogP contribution is -2.33. The van der Waals surface area contributed by atoms with E-state index in [9.17, 15) is 0 Å². The van der Waals surface area contributed by atoms with Crippen molar-refractivity contribution in [1.82, 2.24) is 4.90 Å². The third-order valence-corrected chi connectivity index (χ3v) is 8.30. The molecular formula is C41H65N3O8. The average molecular weight is 728 g/mol. The molecule has 1 atom stereocenters. The van der Waals surface area contributed by atoms with Crippen LogP contribution in [0.5, 0.6) is 11.5 Å². The minimum atomic E-state index is 0.240. The number of anilines is 2. The summed E-state index contributed by atoms with van der Waals surface area (Å²) < 4.78 is 46.0. The molecule has 0 aliphatic carbocycles. The van der Waals surface area contributed by atoms with E-state index in [1.165, 1.54) is 0 Å². The largest absolute Gasteiger partial charge is 0.490 e. The highest BCUT2D eigenvalue weighted by molar-refractivity contribution is 5.60. The maximum absolute atomic E-state index is 6.53. The van der Waals surface area contributed by atoms with E-state index < -0.39 is 0 Å². The number of nitrogens with zero attached hydrogens (tertiary/aromatic N) is 2. The van der Waals surface area contributed by atoms with Gasteiger partial charge in [-0.2, -0.15) is 0 Å². The molecular weight excluding hydrogens is 662 g/mol. The second-order valence-electron chi connectivity index (χ2n) is 12.2. The quantitative estimate of drug-likeness (QED) is 0.0514. The average Bonchev–Trinajstić information content (AvgIpc) is 3.14. The first-order valence-corrected chi connectivity index (χ1v) is 18.3. The predicted octanol–water partition coefficient (Wildman–Crippen LogP) is 6.65. The lowest BCUT2D eigenvalue weighted by Gasteiger charge is -2.30. The van der Waals surface area contributed by atoms with Crippen LogP contribution < -0.4 is 19.7 Å². The van der Waals surface area contributed by atoms with Gasteiger partial charge in [-0.15, -0.1) is 0 Å². The normalized spacial score (nSPS) is 12.1. The molecule has 0 radical (unpaired) electrons. The summed E-state index contributed by atoms with van der Waals surface area (Å²) in [4.78, 5) is 4.41. The van der Waals surface area contributed by atoms with Crippen LogP contribution >= 0.6 is 0 Å². The van der Waals surface area contributed by atoms with Gasteiger partial charge in [0.1, 0.15) is 37.1 Å². The molecule has 11 nitrogen and oxygen atoms in total. The van der Waals surface area contributed by atoms with Gasteiger partial charge in [0, 0.05) is 47.1 Å². The van der Waals surface area contributed by atoms with E-state index in [1.54, 1.807) is 26.4 Å². The van der Waals surface area contributed by atoms with Gasteiger partial charge < -0.3 is 53.0 Å². The number of rotatable bonds is 31. The Bertz CT molecular complexity index is 1320. The maximum atomic E-state index is 6.53. The monoisotopic (exact) mass is 727 g/mol. The fraction of sp³-hybridized carbons (Fsp3) is 0.561. The van der Waals surface area contributed by atoms with Crippen molar-refractivity contribution >= 4 is 11.4 Å². The molecule has 0 saturated carbocycles. The minimum Gasteiger partial charge on any atom is -0.490 e. The summed E-state index contributed by atoms with van der Waals surface area (Å²) in [5.74, 6) is 2.22. The summed E-state index contributed by atoms with van der Waals surface area (Å²) in [6.07, 6.45) is 4.37. The Morgan fingerprint density at radius 3 is 2.04 bits per heavy atom. The first-order chi connectivity index (χ1) is 25.3. The molecule has 0 aliphatic rings. The van der Waals surface area contributed by atoms with E-state index in [-0.39, 0.29) is 6.04 Å². The van der Waals surface area contributed by atoms with E-state index in [0.29, 0.717) is 98.1 Å². The van der Waals surface area contributed by atoms with Gasteiger partial charge in [-0.05, 0) is 81.7 Å². The predicted molar refractivity (Wildman–Crippen MR) is 211 cm³/mol. The van der Waals surface area contributed by atoms with Crippen LogP contribution in [0, 0.1) is 13.8 Å². The Morgan fingerprint density at radius 1 is 0.750 bits per heavy atom. The first kappa shape index (κ1) is 44.4. The van der Waals surface area contributed by atoms with Crippen LogP contribution in [-0.4, -0.2) is 125 Å². The third kappa shape index (κ3) is 16.7. The first-order valence-electron chi connectivity index (χ1n) is 18.3. The molecule has 0 spiro atoms. The molecule has 1 unspecified atom stereocenters. The van der Waals surface area contributed by atoms with E-state index >= 15 is 0 Å². The van der Waals surface area contributed by atoms with E-state index in [4.69, 9.17) is 37.9 Å². The standard InChI is InChI=1S/C41H65N3O8/c1-10-37(39(11-2)52-30-26-46-9)44(19-23-50-40-31-33(4)13-15-36(40)42-18-22-49-27-25-45-8)20-24-51-41-32-34(5)14-16-38(41)43(7)35(6)17-21-48-29-28-47-12-3/h10-11,13-16,31-32,35,42H,1-2,12,17-30H2,3-9H3/b39-37-. The van der Waals surface area contributed by atoms with Crippen LogP contribution in [0.1, 0.15) is 31.4 Å². The SMILES string of the molecule is C=C/C(OCCOC)=C(\C=C)N(CCOc1cc(C)ccc1NCCOCCOC)CCOc1cc(C)ccc1N(C)C(C)CCOCCOCC. The van der Waals surface area contributed by atoms with E-state index in [2.05, 4.69) is 80.4 Å². The molecule has 11 heteroatoms. The maximum Gasteiger partial charge on any atom is 0.142 e. The summed E-state index contributed by atoms with van der Waals surface area (Å²) >= 11 is 0. The van der Waals surface area contributed by atoms with Gasteiger partial charge in [0.25, 0.3) is 0 Å². The highest BCUT2D eigenvalue weighted by Gasteiger charge is 2.18. The van der Waals surface area contributed by atoms with Crippen LogP contribution in [0.15, 0.2) is 73.2 Å². The van der Waals surface area contributed by atoms with Crippen molar-refractivity contribution in [2.24, 2.45) is 0 Å². The molecule has 52 heavy (non-hydrogen) atoms. The highest BCUT2D eigenvalue weighted by atomic mass is 16.5. The molecule has 2 aromatic rings. The van der Waals surface area contributed by atoms with Crippen molar-refractivity contribution in [2.75, 3.05) is 124 Å². The molecule has 0 aromatic heterocycles. The van der Waals surface area contributed by atoms with Gasteiger partial charge in [0.05, 0.1) is 69.8 Å². The third-order valence-electron chi connectivity index (χ3n) is 8.30. The second-order valence-corrected chi connectivity index (χ2v) is 12.2. The number of ether oxygens (including phenoxy) is 8. The zero-order valence-electron chi connectivity index (χ0n) is 32.9. The molecule has 0 heterocycles. The van der Waals surface area contributed by atoms with Gasteiger partial charge >= 0.3 is 0 Å². The van der Waals surface area contributed by atoms with Gasteiger partial charge in [-0.25, -0.2) is 0 Å². The molecule has 0 aliphatic heterocycles. The van der Waals surface area contributed by atoms with Crippen molar-refractivity contribution in [3.63, 3.8) is 0 Å². The van der Waals surface area contributed by atoms with Crippen molar-refractivity contribution in [3.05, 3.63) is 84.3 Å². The fourth-order valence-corrected chi connectivity index (χ4v) is 5.22. The summed E-state index contributed by atoms with van der Waals surface area (Å²) in [6, 6.07) is 12.7. The van der Waals surface area contributed by atoms with Crippen molar-refractivity contribution in [2.45, 2.75) is 40.2 Å². The Kier molecular flexibility index (Phi) is 23.0. The zero-order valence-corrected chi connectivity index (χ0v) is 32.9. The molecule has 0 bridgehead atoms. The molecule has 292 valence electrons. The van der Waals surface area contributed by atoms with Crippen molar-refractivity contribution in [3.8, 4) is 11.5 Å².